The van der Waals surface area contributed by atoms with Crippen LogP contribution in [0.2, 0.25) is 5.02 Å². The number of aryl methyl sites for hydroxylation is 1. The lowest BCUT2D eigenvalue weighted by Gasteiger charge is -2.38. The lowest BCUT2D eigenvalue weighted by atomic mass is 9.99. The summed E-state index contributed by atoms with van der Waals surface area (Å²) in [6.45, 7) is 7.49. The van der Waals surface area contributed by atoms with Gasteiger partial charge >= 0.3 is 5.69 Å². The van der Waals surface area contributed by atoms with Gasteiger partial charge in [0.15, 0.2) is 5.52 Å². The van der Waals surface area contributed by atoms with Crippen LogP contribution in [-0.2, 0) is 12.8 Å². The van der Waals surface area contributed by atoms with Gasteiger partial charge in [0.2, 0.25) is 5.52 Å². The zero-order valence-corrected chi connectivity index (χ0v) is 17.1. The Labute approximate surface area is 173 Å². The molecule has 1 saturated heterocycles. The van der Waals surface area contributed by atoms with Gasteiger partial charge < -0.3 is 9.80 Å². The summed E-state index contributed by atoms with van der Waals surface area (Å²) < 4.78 is 4.79. The number of fused-ring (bicyclic) bond motifs is 1. The summed E-state index contributed by atoms with van der Waals surface area (Å²) >= 11 is 6.38. The number of aromatic nitrogens is 2. The Morgan fingerprint density at radius 1 is 1.03 bits per heavy atom. The van der Waals surface area contributed by atoms with E-state index in [0.717, 1.165) is 49.7 Å². The van der Waals surface area contributed by atoms with Gasteiger partial charge in [-0.3, -0.25) is 10.1 Å². The second kappa shape index (κ2) is 7.87. The lowest BCUT2D eigenvalue weighted by Crippen LogP contribution is -2.47. The van der Waals surface area contributed by atoms with Crippen LogP contribution in [-0.4, -0.2) is 41.4 Å². The number of nitro benzene ring substituents is 1. The van der Waals surface area contributed by atoms with Gasteiger partial charge in [0.25, 0.3) is 0 Å². The van der Waals surface area contributed by atoms with E-state index in [4.69, 9.17) is 16.2 Å². The van der Waals surface area contributed by atoms with Crippen LogP contribution in [0.15, 0.2) is 28.9 Å². The van der Waals surface area contributed by atoms with Crippen LogP contribution < -0.4 is 9.80 Å². The molecule has 1 aliphatic rings. The maximum Gasteiger partial charge on any atom is 0.300 e. The van der Waals surface area contributed by atoms with Crippen LogP contribution >= 0.6 is 11.6 Å². The molecular formula is C20H22ClN5O3. The number of halogens is 1. The van der Waals surface area contributed by atoms with E-state index < -0.39 is 4.92 Å². The van der Waals surface area contributed by atoms with Gasteiger partial charge in [0, 0.05) is 43.0 Å². The van der Waals surface area contributed by atoms with E-state index in [0.29, 0.717) is 5.52 Å². The maximum atomic E-state index is 11.2. The number of benzene rings is 2. The molecule has 4 rings (SSSR count). The van der Waals surface area contributed by atoms with Crippen LogP contribution in [0, 0.1) is 10.1 Å². The molecule has 0 saturated carbocycles. The van der Waals surface area contributed by atoms with Gasteiger partial charge in [-0.15, -0.1) is 0 Å². The van der Waals surface area contributed by atoms with Crippen molar-refractivity contribution in [1.82, 2.24) is 10.3 Å². The first-order valence-electron chi connectivity index (χ1n) is 9.74. The van der Waals surface area contributed by atoms with Crippen molar-refractivity contribution >= 4 is 39.7 Å². The van der Waals surface area contributed by atoms with Gasteiger partial charge in [-0.1, -0.05) is 25.4 Å². The molecule has 0 aliphatic carbocycles. The van der Waals surface area contributed by atoms with E-state index in [9.17, 15) is 10.1 Å². The highest BCUT2D eigenvalue weighted by atomic mass is 35.5. The minimum Gasteiger partial charge on any atom is -0.368 e. The van der Waals surface area contributed by atoms with Crippen LogP contribution in [0.5, 0.6) is 0 Å². The molecule has 0 radical (unpaired) electrons. The molecule has 2 aromatic carbocycles. The normalized spacial score (nSPS) is 14.6. The highest BCUT2D eigenvalue weighted by Gasteiger charge is 2.26. The molecule has 9 heteroatoms. The zero-order valence-electron chi connectivity index (χ0n) is 16.4. The third-order valence-corrected chi connectivity index (χ3v) is 5.77. The van der Waals surface area contributed by atoms with Crippen molar-refractivity contribution in [3.63, 3.8) is 0 Å². The van der Waals surface area contributed by atoms with E-state index in [1.807, 2.05) is 0 Å². The molecule has 1 fully saturated rings. The Morgan fingerprint density at radius 2 is 1.69 bits per heavy atom. The van der Waals surface area contributed by atoms with Gasteiger partial charge in [-0.25, -0.2) is 4.63 Å². The summed E-state index contributed by atoms with van der Waals surface area (Å²) in [5.74, 6) is 0. The molecule has 0 spiro atoms. The molecule has 0 bridgehead atoms. The Hall–Kier alpha value is -2.87. The number of anilines is 2. The molecule has 0 unspecified atom stereocenters. The van der Waals surface area contributed by atoms with Crippen LogP contribution in [0.3, 0.4) is 0 Å². The molecule has 0 amide bonds. The molecule has 1 aliphatic heterocycles. The first-order valence-corrected chi connectivity index (χ1v) is 10.1. The standard InChI is InChI=1S/C20H22ClN5O3/c1-3-13-11-14(21)12-18(15(13)4-2)25-9-7-24(8-10-25)16-5-6-17(26(27)28)20-19(16)22-29-23-20/h5-6,11-12H,3-4,7-10H2,1-2H3. The van der Waals surface area contributed by atoms with Crippen molar-refractivity contribution in [3.8, 4) is 0 Å². The lowest BCUT2D eigenvalue weighted by molar-refractivity contribution is -0.383. The smallest absolute Gasteiger partial charge is 0.300 e. The quantitative estimate of drug-likeness (QED) is 0.455. The summed E-state index contributed by atoms with van der Waals surface area (Å²) in [4.78, 5) is 15.3. The summed E-state index contributed by atoms with van der Waals surface area (Å²) in [7, 11) is 0. The van der Waals surface area contributed by atoms with Crippen molar-refractivity contribution in [1.29, 1.82) is 0 Å². The Balaban J connectivity index is 1.59. The largest absolute Gasteiger partial charge is 0.368 e. The molecule has 152 valence electrons. The summed E-state index contributed by atoms with van der Waals surface area (Å²) in [5, 5.41) is 19.6. The van der Waals surface area contributed by atoms with E-state index in [-0.39, 0.29) is 11.2 Å². The van der Waals surface area contributed by atoms with Gasteiger partial charge in [-0.2, -0.15) is 0 Å². The van der Waals surface area contributed by atoms with Crippen LogP contribution in [0.1, 0.15) is 25.0 Å². The molecule has 29 heavy (non-hydrogen) atoms. The number of nitro groups is 1. The molecule has 8 nitrogen and oxygen atoms in total. The van der Waals surface area contributed by atoms with Gasteiger partial charge in [0.05, 0.1) is 10.6 Å². The number of hydrogen-bond donors (Lipinski definition) is 0. The van der Waals surface area contributed by atoms with Gasteiger partial charge in [-0.05, 0) is 52.5 Å². The van der Waals surface area contributed by atoms with E-state index in [1.54, 1.807) is 6.07 Å². The van der Waals surface area contributed by atoms with E-state index in [2.05, 4.69) is 46.1 Å². The second-order valence-corrected chi connectivity index (χ2v) is 7.50. The molecule has 3 aromatic rings. The first-order chi connectivity index (χ1) is 14.0. The number of rotatable bonds is 5. The fourth-order valence-corrected chi connectivity index (χ4v) is 4.35. The van der Waals surface area contributed by atoms with Crippen molar-refractivity contribution in [2.24, 2.45) is 0 Å². The topological polar surface area (TPSA) is 88.5 Å². The minimum atomic E-state index is -0.467. The Bertz CT molecular complexity index is 1060. The first kappa shape index (κ1) is 19.4. The predicted octanol–water partition coefficient (Wildman–Crippen LogP) is 4.24. The van der Waals surface area contributed by atoms with Gasteiger partial charge in [0.1, 0.15) is 0 Å². The van der Waals surface area contributed by atoms with E-state index in [1.165, 1.54) is 22.9 Å². The SMILES string of the molecule is CCc1cc(Cl)cc(N2CCN(c3ccc([N+](=O)[O-])c4nonc34)CC2)c1CC. The summed E-state index contributed by atoms with van der Waals surface area (Å²) in [6.07, 6.45) is 1.92. The highest BCUT2D eigenvalue weighted by molar-refractivity contribution is 6.31. The molecule has 1 aromatic heterocycles. The third kappa shape index (κ3) is 3.48. The average molecular weight is 416 g/mol. The van der Waals surface area contributed by atoms with Crippen molar-refractivity contribution in [2.45, 2.75) is 26.7 Å². The number of piperazine rings is 1. The second-order valence-electron chi connectivity index (χ2n) is 7.07. The summed E-state index contributed by atoms with van der Waals surface area (Å²) in [6, 6.07) is 7.31. The number of non-ortho nitro benzene ring substituents is 1. The monoisotopic (exact) mass is 415 g/mol. The molecule has 0 N–H and O–H groups in total. The van der Waals surface area contributed by atoms with Crippen molar-refractivity contribution in [2.75, 3.05) is 36.0 Å². The van der Waals surface area contributed by atoms with Crippen LogP contribution in [0.25, 0.3) is 11.0 Å². The van der Waals surface area contributed by atoms with Crippen molar-refractivity contribution in [3.05, 3.63) is 50.5 Å². The highest BCUT2D eigenvalue weighted by Crippen LogP contribution is 2.34. The third-order valence-electron chi connectivity index (χ3n) is 5.55. The fourth-order valence-electron chi connectivity index (χ4n) is 4.11. The molecule has 0 atom stereocenters. The van der Waals surface area contributed by atoms with Crippen LogP contribution in [0.4, 0.5) is 17.1 Å². The minimum absolute atomic E-state index is 0.0951. The average Bonchev–Trinajstić information content (AvgIpc) is 3.22. The molecule has 2 heterocycles. The zero-order chi connectivity index (χ0) is 20.5. The Morgan fingerprint density at radius 3 is 2.31 bits per heavy atom. The van der Waals surface area contributed by atoms with Crippen molar-refractivity contribution < 1.29 is 9.55 Å². The number of nitrogens with zero attached hydrogens (tertiary/aromatic N) is 5. The predicted molar refractivity (Wildman–Crippen MR) is 113 cm³/mol. The maximum absolute atomic E-state index is 11.2. The molecular weight excluding hydrogens is 394 g/mol. The van der Waals surface area contributed by atoms with E-state index >= 15 is 0 Å². The summed E-state index contributed by atoms with van der Waals surface area (Å²) in [5.41, 5.74) is 5.17. The Kier molecular flexibility index (Phi) is 5.27. The fraction of sp³-hybridized carbons (Fsp3) is 0.400. The number of hydrogen-bond acceptors (Lipinski definition) is 7.